The summed E-state index contributed by atoms with van der Waals surface area (Å²) in [6.07, 6.45) is 5.16. The summed E-state index contributed by atoms with van der Waals surface area (Å²) in [4.78, 5) is 27.0. The lowest BCUT2D eigenvalue weighted by Gasteiger charge is -2.53. The number of para-hydroxylation sites is 1. The van der Waals surface area contributed by atoms with Crippen LogP contribution in [0.3, 0.4) is 0 Å². The van der Waals surface area contributed by atoms with Crippen LogP contribution >= 0.6 is 23.2 Å². The third kappa shape index (κ3) is 4.62. The van der Waals surface area contributed by atoms with Crippen LogP contribution in [0.25, 0.3) is 16.6 Å². The van der Waals surface area contributed by atoms with Crippen molar-refractivity contribution < 1.29 is 4.74 Å². The Bertz CT molecular complexity index is 1700. The number of nitriles is 1. The number of halogens is 2. The molecule has 6 rings (SSSR count). The number of anilines is 3. The van der Waals surface area contributed by atoms with Crippen LogP contribution in [0, 0.1) is 16.7 Å². The molecule has 40 heavy (non-hydrogen) atoms. The van der Waals surface area contributed by atoms with Crippen LogP contribution in [-0.2, 0) is 0 Å². The van der Waals surface area contributed by atoms with Crippen molar-refractivity contribution in [1.29, 1.82) is 5.26 Å². The van der Waals surface area contributed by atoms with Crippen LogP contribution in [0.2, 0.25) is 10.0 Å². The largest absolute Gasteiger partial charge is 0.495 e. The highest BCUT2D eigenvalue weighted by molar-refractivity contribution is 6.37. The number of methoxy groups -OCH3 is 1. The number of piperidine rings is 1. The van der Waals surface area contributed by atoms with Gasteiger partial charge in [-0.05, 0) is 49.6 Å². The van der Waals surface area contributed by atoms with Crippen molar-refractivity contribution in [2.24, 2.45) is 5.41 Å². The first kappa shape index (κ1) is 26.4. The Hall–Kier alpha value is -3.84. The maximum Gasteiger partial charge on any atom is 0.266 e. The first-order valence-electron chi connectivity index (χ1n) is 13.0. The van der Waals surface area contributed by atoms with E-state index in [-0.39, 0.29) is 32.5 Å². The lowest BCUT2D eigenvalue weighted by molar-refractivity contribution is 0.00126. The third-order valence-electron chi connectivity index (χ3n) is 7.86. The van der Waals surface area contributed by atoms with Crippen LogP contribution in [0.15, 0.2) is 53.6 Å². The molecule has 2 aromatic carbocycles. The van der Waals surface area contributed by atoms with Gasteiger partial charge in [-0.3, -0.25) is 9.36 Å². The summed E-state index contributed by atoms with van der Waals surface area (Å²) in [5.74, 6) is 1.01. The van der Waals surface area contributed by atoms with Gasteiger partial charge in [0.25, 0.3) is 5.56 Å². The molecule has 1 spiro atoms. The lowest BCUT2D eigenvalue weighted by atomic mass is 9.72. The van der Waals surface area contributed by atoms with Crippen LogP contribution < -0.4 is 20.5 Å². The van der Waals surface area contributed by atoms with Gasteiger partial charge in [-0.15, -0.1) is 0 Å². The summed E-state index contributed by atoms with van der Waals surface area (Å²) in [5, 5.41) is 13.8. The molecule has 0 saturated carbocycles. The summed E-state index contributed by atoms with van der Waals surface area (Å²) in [6.45, 7) is 4.36. The molecule has 0 unspecified atom stereocenters. The van der Waals surface area contributed by atoms with Crippen LogP contribution in [-0.4, -0.2) is 59.8 Å². The molecule has 4 heterocycles. The number of aromatic nitrogens is 3. The minimum Gasteiger partial charge on any atom is -0.495 e. The summed E-state index contributed by atoms with van der Waals surface area (Å²) in [5.41, 5.74) is 2.54. The molecule has 4 aromatic rings. The van der Waals surface area contributed by atoms with Crippen molar-refractivity contribution in [3.8, 4) is 17.5 Å². The normalized spacial score (nSPS) is 16.5. The third-order valence-corrected chi connectivity index (χ3v) is 8.47. The number of likely N-dealkylation sites (tertiary alicyclic amines) is 1. The minimum atomic E-state index is -0.432. The van der Waals surface area contributed by atoms with E-state index in [2.05, 4.69) is 38.2 Å². The van der Waals surface area contributed by atoms with Gasteiger partial charge in [0.15, 0.2) is 0 Å². The predicted octanol–water partition coefficient (Wildman–Crippen LogP) is 5.24. The molecular formula is C29H27Cl2N7O2. The second kappa shape index (κ2) is 10.3. The van der Waals surface area contributed by atoms with Gasteiger partial charge in [0.1, 0.15) is 17.3 Å². The Morgan fingerprint density at radius 2 is 1.85 bits per heavy atom. The first-order chi connectivity index (χ1) is 19.3. The van der Waals surface area contributed by atoms with Gasteiger partial charge in [-0.1, -0.05) is 29.3 Å². The van der Waals surface area contributed by atoms with Crippen molar-refractivity contribution in [3.05, 3.63) is 74.8 Å². The van der Waals surface area contributed by atoms with Gasteiger partial charge in [0.05, 0.1) is 39.5 Å². The minimum absolute atomic E-state index is 0.175. The molecule has 0 amide bonds. The molecule has 2 fully saturated rings. The van der Waals surface area contributed by atoms with Gasteiger partial charge in [0.2, 0.25) is 5.95 Å². The maximum atomic E-state index is 13.3. The van der Waals surface area contributed by atoms with Gasteiger partial charge in [-0.2, -0.15) is 5.26 Å². The van der Waals surface area contributed by atoms with E-state index in [4.69, 9.17) is 27.9 Å². The van der Waals surface area contributed by atoms with Crippen molar-refractivity contribution in [2.45, 2.75) is 12.8 Å². The summed E-state index contributed by atoms with van der Waals surface area (Å²) in [7, 11) is 3.84. The quantitative estimate of drug-likeness (QED) is 0.344. The number of fused-ring (bicyclic) bond motifs is 1. The molecule has 0 aliphatic carbocycles. The summed E-state index contributed by atoms with van der Waals surface area (Å²) >= 11 is 12.7. The first-order valence-corrected chi connectivity index (χ1v) is 13.7. The number of nitrogens with one attached hydrogen (secondary N) is 1. The molecule has 1 N–H and O–H groups in total. The zero-order valence-corrected chi connectivity index (χ0v) is 23.6. The molecule has 9 nitrogen and oxygen atoms in total. The van der Waals surface area contributed by atoms with E-state index < -0.39 is 5.56 Å². The average Bonchev–Trinajstić information content (AvgIpc) is 2.94. The number of rotatable bonds is 5. The average molecular weight is 576 g/mol. The van der Waals surface area contributed by atoms with E-state index in [1.54, 1.807) is 25.3 Å². The van der Waals surface area contributed by atoms with Gasteiger partial charge < -0.3 is 19.9 Å². The molecule has 2 saturated heterocycles. The van der Waals surface area contributed by atoms with Crippen LogP contribution in [0.4, 0.5) is 17.3 Å². The Morgan fingerprint density at radius 3 is 2.50 bits per heavy atom. The van der Waals surface area contributed by atoms with E-state index in [0.717, 1.165) is 30.2 Å². The van der Waals surface area contributed by atoms with E-state index in [1.165, 1.54) is 42.9 Å². The van der Waals surface area contributed by atoms with E-state index in [9.17, 15) is 10.1 Å². The Kier molecular flexibility index (Phi) is 6.78. The van der Waals surface area contributed by atoms with E-state index in [0.29, 0.717) is 11.1 Å². The maximum absolute atomic E-state index is 13.3. The molecule has 2 aliphatic rings. The Labute approximate surface area is 241 Å². The highest BCUT2D eigenvalue weighted by atomic mass is 35.5. The van der Waals surface area contributed by atoms with Crippen molar-refractivity contribution in [1.82, 2.24) is 19.4 Å². The molecule has 204 valence electrons. The van der Waals surface area contributed by atoms with E-state index in [1.807, 2.05) is 18.2 Å². The molecule has 0 radical (unpaired) electrons. The number of hydrogen-bond donors (Lipinski definition) is 1. The summed E-state index contributed by atoms with van der Waals surface area (Å²) in [6, 6.07) is 13.0. The smallest absolute Gasteiger partial charge is 0.266 e. The SMILES string of the molecule is COc1cc(Nc2ncc3c(=O)n(-c4c(Cl)cccc4Cl)cc(C#N)c3n2)ccc1N1CCC2(CC1)CN(C)C2. The molecule has 2 aromatic heterocycles. The van der Waals surface area contributed by atoms with Crippen molar-refractivity contribution in [3.63, 3.8) is 0 Å². The fourth-order valence-corrected chi connectivity index (χ4v) is 6.51. The Balaban J connectivity index is 1.28. The fourth-order valence-electron chi connectivity index (χ4n) is 5.93. The highest BCUT2D eigenvalue weighted by Crippen LogP contribution is 2.42. The Morgan fingerprint density at radius 1 is 1.12 bits per heavy atom. The molecule has 0 bridgehead atoms. The monoisotopic (exact) mass is 575 g/mol. The van der Waals surface area contributed by atoms with Gasteiger partial charge >= 0.3 is 0 Å². The molecule has 0 atom stereocenters. The second-order valence-corrected chi connectivity index (χ2v) is 11.3. The second-order valence-electron chi connectivity index (χ2n) is 10.5. The number of ether oxygens (including phenoxy) is 1. The number of hydrogen-bond acceptors (Lipinski definition) is 8. The zero-order valence-electron chi connectivity index (χ0n) is 22.1. The van der Waals surface area contributed by atoms with E-state index >= 15 is 0 Å². The van der Waals surface area contributed by atoms with Crippen molar-refractivity contribution >= 4 is 51.4 Å². The summed E-state index contributed by atoms with van der Waals surface area (Å²) < 4.78 is 7.00. The van der Waals surface area contributed by atoms with Crippen molar-refractivity contribution in [2.75, 3.05) is 50.6 Å². The number of benzene rings is 2. The number of nitrogens with zero attached hydrogens (tertiary/aromatic N) is 6. The standard InChI is InChI=1S/C29H27Cl2N7O2/c1-36-16-29(17-36)8-10-37(11-9-29)23-7-6-19(12-24(23)40-2)34-28-33-14-20-25(35-28)18(13-32)15-38(27(20)39)26-21(30)4-3-5-22(26)31/h3-7,12,14-15H,8-11,16-17H2,1-2H3,(H,33,34,35). The lowest BCUT2D eigenvalue weighted by Crippen LogP contribution is -2.58. The fraction of sp³-hybridized carbons (Fsp3) is 0.310. The molecule has 2 aliphatic heterocycles. The van der Waals surface area contributed by atoms with Crippen LogP contribution in [0.1, 0.15) is 18.4 Å². The molecular weight excluding hydrogens is 549 g/mol. The van der Waals surface area contributed by atoms with Gasteiger partial charge in [0, 0.05) is 50.3 Å². The van der Waals surface area contributed by atoms with Crippen LogP contribution in [0.5, 0.6) is 5.75 Å². The molecule has 11 heteroatoms. The highest BCUT2D eigenvalue weighted by Gasteiger charge is 2.43. The van der Waals surface area contributed by atoms with Gasteiger partial charge in [-0.25, -0.2) is 9.97 Å². The number of pyridine rings is 1. The predicted molar refractivity (Wildman–Crippen MR) is 158 cm³/mol. The topological polar surface area (TPSA) is 99.3 Å². The zero-order chi connectivity index (χ0) is 28.0.